The van der Waals surface area contributed by atoms with Gasteiger partial charge in [-0.1, -0.05) is 30.3 Å². The standard InChI is InChI=1S/C13H18O2.6H2/c1-10(11-8-6-5-7-9-11)12(14)15-13(2,3)4;;;;;;/h5-10H,1-4H3;6*1H/i;6*1+1D. The largest absolute Gasteiger partial charge is 0.460 e. The van der Waals surface area contributed by atoms with Gasteiger partial charge in [-0.2, -0.15) is 0 Å². The Bertz CT molecular complexity index is 349. The fourth-order valence-electron chi connectivity index (χ4n) is 1.27. The van der Waals surface area contributed by atoms with Gasteiger partial charge < -0.3 is 4.74 Å². The van der Waals surface area contributed by atoms with E-state index in [9.17, 15) is 4.79 Å². The van der Waals surface area contributed by atoms with E-state index < -0.39 is 5.60 Å². The minimum absolute atomic E-state index is 0.172. The zero-order valence-corrected chi connectivity index (χ0v) is 9.78. The molecule has 0 aliphatic heterocycles. The highest BCUT2D eigenvalue weighted by Gasteiger charge is 2.22. The Hall–Kier alpha value is -1.31. The summed E-state index contributed by atoms with van der Waals surface area (Å²) in [6.07, 6.45) is 0. The van der Waals surface area contributed by atoms with E-state index >= 15 is 0 Å². The molecule has 2 heteroatoms. The van der Waals surface area contributed by atoms with Gasteiger partial charge in [0.25, 0.3) is 0 Å². The van der Waals surface area contributed by atoms with Crippen molar-refractivity contribution in [1.29, 1.82) is 0 Å². The summed E-state index contributed by atoms with van der Waals surface area (Å²) >= 11 is 0. The first-order chi connectivity index (χ1) is 12.9. The van der Waals surface area contributed by atoms with Crippen LogP contribution in [0.2, 0.25) is 0 Å². The van der Waals surface area contributed by atoms with Crippen LogP contribution in [0, 0.1) is 0 Å². The van der Waals surface area contributed by atoms with Gasteiger partial charge >= 0.3 is 5.97 Å². The van der Waals surface area contributed by atoms with E-state index in [-0.39, 0.29) is 11.9 Å². The molecule has 0 bridgehead atoms. The highest BCUT2D eigenvalue weighted by atomic mass is 16.6. The molecule has 0 aromatic heterocycles. The molecule has 0 saturated carbocycles. The van der Waals surface area contributed by atoms with Crippen LogP contribution in [0.1, 0.15) is 57.0 Å². The highest BCUT2D eigenvalue weighted by Crippen LogP contribution is 2.19. The van der Waals surface area contributed by atoms with Crippen LogP contribution in [0.15, 0.2) is 30.3 Å². The second-order valence-electron chi connectivity index (χ2n) is 4.67. The normalized spacial score (nSPS) is 16.5. The third-order valence-electron chi connectivity index (χ3n) is 2.06. The summed E-state index contributed by atoms with van der Waals surface area (Å²) in [5.74, 6) is -0.376. The number of hydrogen-bond acceptors (Lipinski definition) is 2. The molecule has 1 unspecified atom stereocenters. The lowest BCUT2D eigenvalue weighted by Crippen LogP contribution is -2.26. The molecule has 0 aliphatic rings. The lowest BCUT2D eigenvalue weighted by atomic mass is 10.0. The number of carbonyl (C=O) groups excluding carboxylic acids is 1. The Kier molecular flexibility index (Phi) is 1.70. The van der Waals surface area contributed by atoms with Crippen molar-refractivity contribution in [3.63, 3.8) is 0 Å². The summed E-state index contributed by atoms with van der Waals surface area (Å²) in [4.78, 5) is 11.7. The van der Waals surface area contributed by atoms with Crippen LogP contribution in [0.3, 0.4) is 0 Å². The number of rotatable bonds is 2. The van der Waals surface area contributed by atoms with Crippen LogP contribution in [0.5, 0.6) is 0 Å². The quantitative estimate of drug-likeness (QED) is 0.694. The van der Waals surface area contributed by atoms with Crippen molar-refractivity contribution >= 4 is 5.97 Å². The molecule has 1 atom stereocenters. The third kappa shape index (κ3) is 3.74. The molecule has 0 saturated heterocycles. The van der Waals surface area contributed by atoms with Crippen LogP contribution >= 0.6 is 0 Å². The topological polar surface area (TPSA) is 26.3 Å². The number of benzene rings is 1. The predicted octanol–water partition coefficient (Wildman–Crippen LogP) is 4.61. The minimum atomic E-state index is -0.417. The van der Waals surface area contributed by atoms with E-state index in [4.69, 9.17) is 22.6 Å². The number of carbonyl (C=O) groups is 1. The van der Waals surface area contributed by atoms with E-state index in [0.717, 1.165) is 5.56 Å². The first kappa shape index (κ1) is 5.69. The lowest BCUT2D eigenvalue weighted by Gasteiger charge is -2.22. The van der Waals surface area contributed by atoms with Gasteiger partial charge in [0, 0.05) is 17.8 Å². The second-order valence-corrected chi connectivity index (χ2v) is 4.67. The Morgan fingerprint density at radius 3 is 2.33 bits per heavy atom. The fourth-order valence-corrected chi connectivity index (χ4v) is 1.27. The summed E-state index contributed by atoms with van der Waals surface area (Å²) in [5.41, 5.74) is 0.576. The number of hydrogen-bond donors (Lipinski definition) is 0. The Morgan fingerprint density at radius 1 is 1.33 bits per heavy atom. The summed E-state index contributed by atoms with van der Waals surface area (Å²) in [6, 6.07) is 9.67. The molecule has 2 nitrogen and oxygen atoms in total. The van der Waals surface area contributed by atoms with Gasteiger partial charge in [0.05, 0.1) is 5.92 Å². The fraction of sp³-hybridized carbons (Fsp3) is 0.462. The minimum Gasteiger partial charge on any atom is -0.460 e. The molecule has 15 heavy (non-hydrogen) atoms. The van der Waals surface area contributed by atoms with Gasteiger partial charge in [-0.05, 0) is 33.3 Å². The van der Waals surface area contributed by atoms with Gasteiger partial charge in [0.2, 0.25) is 0 Å². The first-order valence-corrected chi connectivity index (χ1v) is 5.18. The molecule has 0 heterocycles. The Morgan fingerprint density at radius 2 is 1.87 bits per heavy atom. The average molecular weight is 230 g/mol. The molecule has 0 N–H and O–H groups in total. The molecule has 1 aromatic rings. The maximum absolute atomic E-state index is 11.7. The van der Waals surface area contributed by atoms with E-state index in [1.54, 1.807) is 0 Å². The molecule has 1 rings (SSSR count). The van der Waals surface area contributed by atoms with Gasteiger partial charge in [0.15, 0.2) is 0 Å². The van der Waals surface area contributed by atoms with Crippen LogP contribution in [0.4, 0.5) is 0 Å². The van der Waals surface area contributed by atoms with Crippen LogP contribution in [0.25, 0.3) is 0 Å². The van der Waals surface area contributed by atoms with Crippen molar-refractivity contribution in [2.45, 2.75) is 39.2 Å². The van der Waals surface area contributed by atoms with E-state index in [1.165, 1.54) is 0 Å². The van der Waals surface area contributed by atoms with Gasteiger partial charge in [-0.3, -0.25) is 4.79 Å². The van der Waals surface area contributed by atoms with Crippen molar-refractivity contribution in [1.82, 2.24) is 0 Å². The second kappa shape index (κ2) is 4.47. The maximum Gasteiger partial charge on any atom is 0.313 e. The average Bonchev–Trinajstić information content (AvgIpc) is 2.75. The summed E-state index contributed by atoms with van der Waals surface area (Å²) in [5, 5.41) is 0. The lowest BCUT2D eigenvalue weighted by molar-refractivity contribution is -0.156. The number of esters is 1. The highest BCUT2D eigenvalue weighted by molar-refractivity contribution is 5.78. The third-order valence-corrected chi connectivity index (χ3v) is 2.06. The Labute approximate surface area is 110 Å². The van der Waals surface area contributed by atoms with E-state index in [0.29, 0.717) is 0 Å². The molecule has 0 fully saturated rings. The molecule has 0 amide bonds. The van der Waals surface area contributed by atoms with Crippen LogP contribution in [-0.2, 0) is 9.53 Å². The van der Waals surface area contributed by atoms with Crippen LogP contribution < -0.4 is 0 Å². The van der Waals surface area contributed by atoms with Crippen molar-refractivity contribution in [3.05, 3.63) is 35.9 Å². The molecular weight excluding hydrogens is 188 g/mol. The molecule has 0 aliphatic carbocycles. The summed E-state index contributed by atoms with van der Waals surface area (Å²) in [7, 11) is 0. The molecule has 1 aromatic carbocycles. The first-order valence-electron chi connectivity index (χ1n) is 11.2. The maximum atomic E-state index is 11.7. The molecule has 0 radical (unpaired) electrons. The molecular formula is C13H30O2. The van der Waals surface area contributed by atoms with Crippen molar-refractivity contribution in [2.24, 2.45) is 0 Å². The SMILES string of the molecule is CC(C(=O)OC(C)(C)C)c1ccccc1.[2H][2H].[2H][2H].[2H][2H].[2H][2H].[2H][2H].[2H][2H]. The monoisotopic (exact) mass is 230 g/mol. The molecule has 94 valence electrons. The number of ether oxygens (including phenoxy) is 1. The van der Waals surface area contributed by atoms with Crippen molar-refractivity contribution < 1.29 is 27.3 Å². The zero-order chi connectivity index (χ0) is 23.5. The Balaban J connectivity index is -0.0000000782. The van der Waals surface area contributed by atoms with Crippen molar-refractivity contribution in [2.75, 3.05) is 0 Å². The summed E-state index contributed by atoms with van der Waals surface area (Å²) in [6.45, 7) is 7.50. The van der Waals surface area contributed by atoms with Crippen molar-refractivity contribution in [3.8, 4) is 0 Å². The van der Waals surface area contributed by atoms with Gasteiger partial charge in [-0.15, -0.1) is 0 Å². The molecule has 0 spiro atoms. The summed E-state index contributed by atoms with van der Waals surface area (Å²) < 4.78 is 65.3. The zero-order valence-electron chi connectivity index (χ0n) is 21.8. The van der Waals surface area contributed by atoms with Gasteiger partial charge in [-0.25, -0.2) is 0 Å². The van der Waals surface area contributed by atoms with E-state index in [1.807, 2.05) is 58.0 Å². The predicted molar refractivity (Wildman–Crippen MR) is 73.4 cm³/mol. The van der Waals surface area contributed by atoms with E-state index in [2.05, 4.69) is 0 Å². The van der Waals surface area contributed by atoms with Crippen LogP contribution in [-0.4, -0.2) is 11.6 Å². The van der Waals surface area contributed by atoms with Gasteiger partial charge in [0.1, 0.15) is 5.60 Å². The smallest absolute Gasteiger partial charge is 0.313 e.